The molecular formula is C18H22BrN5O3. The van der Waals surface area contributed by atoms with Crippen LogP contribution in [0.4, 0.5) is 5.82 Å². The number of fused-ring (bicyclic) bond motifs is 1. The van der Waals surface area contributed by atoms with Crippen LogP contribution in [0.5, 0.6) is 0 Å². The largest absolute Gasteiger partial charge is 0.379 e. The maximum absolute atomic E-state index is 12.5. The van der Waals surface area contributed by atoms with Gasteiger partial charge in [-0.3, -0.25) is 24.5 Å². The molecule has 0 bridgehead atoms. The van der Waals surface area contributed by atoms with Gasteiger partial charge in [0.2, 0.25) is 11.8 Å². The van der Waals surface area contributed by atoms with Crippen molar-refractivity contribution in [3.8, 4) is 0 Å². The first-order valence-corrected chi connectivity index (χ1v) is 9.93. The number of nitrogens with one attached hydrogen (secondary N) is 2. The fourth-order valence-electron chi connectivity index (χ4n) is 3.58. The van der Waals surface area contributed by atoms with Crippen molar-refractivity contribution in [1.82, 2.24) is 20.4 Å². The van der Waals surface area contributed by atoms with Crippen molar-refractivity contribution in [2.45, 2.75) is 6.42 Å². The number of hydrogen-bond acceptors (Lipinski definition) is 5. The van der Waals surface area contributed by atoms with Crippen molar-refractivity contribution in [3.63, 3.8) is 0 Å². The molecule has 9 heteroatoms. The Balaban J connectivity index is 1.36. The quantitative estimate of drug-likeness (QED) is 0.734. The van der Waals surface area contributed by atoms with Crippen LogP contribution in [0.25, 0.3) is 10.9 Å². The molecule has 2 N–H and O–H groups in total. The molecule has 2 aliphatic rings. The first-order chi connectivity index (χ1) is 13.1. The summed E-state index contributed by atoms with van der Waals surface area (Å²) in [6.07, 6.45) is 0.217. The number of benzene rings is 1. The van der Waals surface area contributed by atoms with Gasteiger partial charge in [0.25, 0.3) is 0 Å². The lowest BCUT2D eigenvalue weighted by molar-refractivity contribution is -0.126. The van der Waals surface area contributed by atoms with Crippen molar-refractivity contribution < 1.29 is 14.3 Å². The molecule has 8 nitrogen and oxygen atoms in total. The van der Waals surface area contributed by atoms with Crippen LogP contribution in [-0.2, 0) is 14.3 Å². The number of aromatic amines is 1. The molecule has 2 aromatic rings. The molecule has 0 unspecified atom stereocenters. The average Bonchev–Trinajstić information content (AvgIpc) is 3.25. The van der Waals surface area contributed by atoms with E-state index in [1.54, 1.807) is 4.90 Å². The average molecular weight is 436 g/mol. The van der Waals surface area contributed by atoms with Gasteiger partial charge < -0.3 is 10.1 Å². The molecule has 0 saturated carbocycles. The highest BCUT2D eigenvalue weighted by atomic mass is 79.9. The highest BCUT2D eigenvalue weighted by molar-refractivity contribution is 9.10. The first-order valence-electron chi connectivity index (χ1n) is 9.13. The summed E-state index contributed by atoms with van der Waals surface area (Å²) in [4.78, 5) is 28.8. The molecule has 1 atom stereocenters. The maximum Gasteiger partial charge on any atom is 0.229 e. The van der Waals surface area contributed by atoms with Gasteiger partial charge in [-0.15, -0.1) is 0 Å². The van der Waals surface area contributed by atoms with Gasteiger partial charge in [0.1, 0.15) is 0 Å². The lowest BCUT2D eigenvalue weighted by Gasteiger charge is -2.26. The molecule has 0 spiro atoms. The summed E-state index contributed by atoms with van der Waals surface area (Å²) in [5, 5.41) is 11.1. The van der Waals surface area contributed by atoms with Crippen molar-refractivity contribution in [1.29, 1.82) is 0 Å². The maximum atomic E-state index is 12.5. The molecule has 144 valence electrons. The normalized spacial score (nSPS) is 21.1. The number of aromatic nitrogens is 2. The first kappa shape index (κ1) is 18.4. The van der Waals surface area contributed by atoms with Gasteiger partial charge in [-0.2, -0.15) is 5.10 Å². The minimum Gasteiger partial charge on any atom is -0.379 e. The topological polar surface area (TPSA) is 90.6 Å². The Morgan fingerprint density at radius 2 is 2.19 bits per heavy atom. The third-order valence-electron chi connectivity index (χ3n) is 5.09. The highest BCUT2D eigenvalue weighted by Gasteiger charge is 2.36. The Morgan fingerprint density at radius 3 is 3.00 bits per heavy atom. The van der Waals surface area contributed by atoms with Gasteiger partial charge in [-0.1, -0.05) is 15.9 Å². The molecule has 2 saturated heterocycles. The standard InChI is InChI=1S/C18H22BrN5O3/c19-13-1-2-14-15(10-13)21-22-17(14)24-11-12(9-16(24)25)18(26)20-3-4-23-5-7-27-8-6-23/h1-2,10,12H,3-9,11H2,(H,20,26)(H,21,22)/t12-/m0/s1. The van der Waals surface area contributed by atoms with E-state index >= 15 is 0 Å². The number of morpholine rings is 1. The van der Waals surface area contributed by atoms with E-state index in [1.165, 1.54) is 0 Å². The number of nitrogens with zero attached hydrogens (tertiary/aromatic N) is 3. The molecule has 1 aromatic carbocycles. The fraction of sp³-hybridized carbons (Fsp3) is 0.500. The Labute approximate surface area is 165 Å². The van der Waals surface area contributed by atoms with Crippen molar-refractivity contribution in [2.75, 3.05) is 50.8 Å². The predicted octanol–water partition coefficient (Wildman–Crippen LogP) is 1.13. The smallest absolute Gasteiger partial charge is 0.229 e. The SMILES string of the molecule is O=C(NCCN1CCOCC1)[C@H]1CC(=O)N(c2n[nH]c3cc(Br)ccc23)C1. The van der Waals surface area contributed by atoms with Crippen LogP contribution < -0.4 is 10.2 Å². The second-order valence-corrected chi connectivity index (χ2v) is 7.80. The van der Waals surface area contributed by atoms with Gasteiger partial charge in [0, 0.05) is 49.0 Å². The molecule has 3 heterocycles. The van der Waals surface area contributed by atoms with E-state index in [-0.39, 0.29) is 24.2 Å². The Hall–Kier alpha value is -1.97. The van der Waals surface area contributed by atoms with Gasteiger partial charge in [-0.25, -0.2) is 0 Å². The summed E-state index contributed by atoms with van der Waals surface area (Å²) in [6.45, 7) is 5.03. The number of H-pyrrole nitrogens is 1. The molecule has 1 aromatic heterocycles. The third kappa shape index (κ3) is 3.99. The number of anilines is 1. The lowest BCUT2D eigenvalue weighted by Crippen LogP contribution is -2.42. The summed E-state index contributed by atoms with van der Waals surface area (Å²) < 4.78 is 6.26. The summed E-state index contributed by atoms with van der Waals surface area (Å²) in [5.41, 5.74) is 0.852. The molecule has 27 heavy (non-hydrogen) atoms. The van der Waals surface area contributed by atoms with Crippen molar-refractivity contribution in [2.24, 2.45) is 5.92 Å². The molecule has 2 aliphatic heterocycles. The van der Waals surface area contributed by atoms with E-state index in [4.69, 9.17) is 4.74 Å². The van der Waals surface area contributed by atoms with E-state index < -0.39 is 0 Å². The van der Waals surface area contributed by atoms with E-state index in [9.17, 15) is 9.59 Å². The zero-order chi connectivity index (χ0) is 18.8. The zero-order valence-corrected chi connectivity index (χ0v) is 16.5. The number of halogens is 1. The van der Waals surface area contributed by atoms with Crippen LogP contribution in [-0.4, -0.2) is 72.8 Å². The number of rotatable bonds is 5. The summed E-state index contributed by atoms with van der Waals surface area (Å²) >= 11 is 3.43. The second kappa shape index (κ2) is 7.95. The highest BCUT2D eigenvalue weighted by Crippen LogP contribution is 2.31. The van der Waals surface area contributed by atoms with Gasteiger partial charge in [-0.05, 0) is 18.2 Å². The minimum atomic E-state index is -0.343. The number of amides is 2. The molecular weight excluding hydrogens is 414 g/mol. The second-order valence-electron chi connectivity index (χ2n) is 6.89. The van der Waals surface area contributed by atoms with E-state index in [1.807, 2.05) is 18.2 Å². The summed E-state index contributed by atoms with van der Waals surface area (Å²) in [6, 6.07) is 5.75. The number of hydrogen-bond donors (Lipinski definition) is 2. The molecule has 4 rings (SSSR count). The van der Waals surface area contributed by atoms with Crippen molar-refractivity contribution >= 4 is 44.5 Å². The lowest BCUT2D eigenvalue weighted by atomic mass is 10.1. The van der Waals surface area contributed by atoms with Crippen LogP contribution in [0, 0.1) is 5.92 Å². The molecule has 2 fully saturated rings. The van der Waals surface area contributed by atoms with Crippen LogP contribution in [0.2, 0.25) is 0 Å². The zero-order valence-electron chi connectivity index (χ0n) is 14.9. The van der Waals surface area contributed by atoms with Crippen LogP contribution in [0.15, 0.2) is 22.7 Å². The third-order valence-corrected chi connectivity index (χ3v) is 5.58. The van der Waals surface area contributed by atoms with Crippen LogP contribution >= 0.6 is 15.9 Å². The molecule has 0 radical (unpaired) electrons. The summed E-state index contributed by atoms with van der Waals surface area (Å²) in [5.74, 6) is 0.108. The van der Waals surface area contributed by atoms with Crippen LogP contribution in [0.1, 0.15) is 6.42 Å². The Morgan fingerprint density at radius 1 is 1.37 bits per heavy atom. The van der Waals surface area contributed by atoms with Gasteiger partial charge in [0.15, 0.2) is 5.82 Å². The van der Waals surface area contributed by atoms with Gasteiger partial charge >= 0.3 is 0 Å². The monoisotopic (exact) mass is 435 g/mol. The summed E-state index contributed by atoms with van der Waals surface area (Å²) in [7, 11) is 0. The van der Waals surface area contributed by atoms with Crippen LogP contribution in [0.3, 0.4) is 0 Å². The molecule has 2 amide bonds. The number of ether oxygens (including phenoxy) is 1. The Bertz CT molecular complexity index is 849. The van der Waals surface area contributed by atoms with E-state index in [2.05, 4.69) is 36.3 Å². The predicted molar refractivity (Wildman–Crippen MR) is 105 cm³/mol. The molecule has 0 aliphatic carbocycles. The number of carbonyl (C=O) groups is 2. The van der Waals surface area contributed by atoms with E-state index in [0.717, 1.165) is 48.2 Å². The fourth-order valence-corrected chi connectivity index (χ4v) is 3.94. The van der Waals surface area contributed by atoms with Gasteiger partial charge in [0.05, 0.1) is 24.6 Å². The Kier molecular flexibility index (Phi) is 5.42. The minimum absolute atomic E-state index is 0.0679. The van der Waals surface area contributed by atoms with E-state index in [0.29, 0.717) is 18.9 Å². The van der Waals surface area contributed by atoms with Crippen molar-refractivity contribution in [3.05, 3.63) is 22.7 Å². The number of carbonyl (C=O) groups excluding carboxylic acids is 2.